The van der Waals surface area contributed by atoms with Gasteiger partial charge in [0.1, 0.15) is 0 Å². The Hall–Kier alpha value is -2.44. The molecule has 0 aliphatic carbocycles. The summed E-state index contributed by atoms with van der Waals surface area (Å²) in [5.74, 6) is 0.379. The summed E-state index contributed by atoms with van der Waals surface area (Å²) in [4.78, 5) is 23.5. The normalized spacial score (nSPS) is 18.6. The van der Waals surface area contributed by atoms with Crippen LogP contribution in [0.2, 0.25) is 0 Å². The van der Waals surface area contributed by atoms with Crippen molar-refractivity contribution in [3.8, 4) is 0 Å². The molecule has 6 heteroatoms. The van der Waals surface area contributed by atoms with Gasteiger partial charge in [0.2, 0.25) is 0 Å². The minimum absolute atomic E-state index is 0.0508. The number of nitrogens with zero attached hydrogens (tertiary/aromatic N) is 4. The van der Waals surface area contributed by atoms with Crippen molar-refractivity contribution in [2.24, 2.45) is 0 Å². The Bertz CT molecular complexity index is 740. The fraction of sp³-hybridized carbons (Fsp3) is 0.455. The minimum atomic E-state index is 0.0508. The molecular weight excluding hydrogens is 350 g/mol. The van der Waals surface area contributed by atoms with Crippen molar-refractivity contribution in [1.29, 1.82) is 0 Å². The number of piperazine rings is 1. The van der Waals surface area contributed by atoms with Gasteiger partial charge < -0.3 is 10.2 Å². The van der Waals surface area contributed by atoms with Crippen LogP contribution in [0.3, 0.4) is 0 Å². The van der Waals surface area contributed by atoms with Gasteiger partial charge in [-0.25, -0.2) is 4.79 Å². The maximum absolute atomic E-state index is 12.3. The van der Waals surface area contributed by atoms with Crippen LogP contribution in [-0.2, 0) is 6.54 Å². The van der Waals surface area contributed by atoms with Crippen LogP contribution in [0.4, 0.5) is 4.79 Å². The molecule has 0 bridgehead atoms. The molecule has 2 fully saturated rings. The predicted octanol–water partition coefficient (Wildman–Crippen LogP) is 2.01. The van der Waals surface area contributed by atoms with Gasteiger partial charge in [-0.05, 0) is 17.7 Å². The first-order valence-electron chi connectivity index (χ1n) is 10.2. The lowest BCUT2D eigenvalue weighted by atomic mass is 9.96. The zero-order chi connectivity index (χ0) is 19.2. The third kappa shape index (κ3) is 4.88. The lowest BCUT2D eigenvalue weighted by Gasteiger charge is -2.39. The number of carbonyl (C=O) groups is 1. The summed E-state index contributed by atoms with van der Waals surface area (Å²) in [5, 5.41) is 3.07. The molecule has 148 valence electrons. The molecule has 1 N–H and O–H groups in total. The Balaban J connectivity index is 1.10. The van der Waals surface area contributed by atoms with E-state index in [-0.39, 0.29) is 6.03 Å². The zero-order valence-electron chi connectivity index (χ0n) is 16.3. The van der Waals surface area contributed by atoms with Gasteiger partial charge in [-0.3, -0.25) is 14.8 Å². The van der Waals surface area contributed by atoms with Gasteiger partial charge in [0, 0.05) is 76.7 Å². The van der Waals surface area contributed by atoms with Crippen LogP contribution in [0.25, 0.3) is 0 Å². The third-order valence-electron chi connectivity index (χ3n) is 5.69. The van der Waals surface area contributed by atoms with E-state index in [9.17, 15) is 4.79 Å². The first kappa shape index (κ1) is 18.9. The third-order valence-corrected chi connectivity index (χ3v) is 5.69. The molecule has 3 heterocycles. The molecule has 2 aliphatic rings. The van der Waals surface area contributed by atoms with Gasteiger partial charge in [0.15, 0.2) is 0 Å². The van der Waals surface area contributed by atoms with E-state index in [1.807, 2.05) is 29.3 Å². The average Bonchev–Trinajstić information content (AvgIpc) is 2.70. The average molecular weight is 380 g/mol. The lowest BCUT2D eigenvalue weighted by Crippen LogP contribution is -2.54. The van der Waals surface area contributed by atoms with E-state index in [0.29, 0.717) is 12.5 Å². The van der Waals surface area contributed by atoms with Crippen molar-refractivity contribution in [1.82, 2.24) is 25.0 Å². The molecule has 28 heavy (non-hydrogen) atoms. The van der Waals surface area contributed by atoms with E-state index in [0.717, 1.165) is 58.1 Å². The maximum Gasteiger partial charge on any atom is 0.317 e. The standard InChI is InChI=1S/C22H29N5O/c28-22(27-17-20(18-27)21-8-4-5-9-23-21)24-10-11-25-12-14-26(15-13-25)16-19-6-2-1-3-7-19/h1-9,20H,10-18H2,(H,24,28). The Morgan fingerprint density at radius 2 is 1.68 bits per heavy atom. The number of pyridine rings is 1. The predicted molar refractivity (Wildman–Crippen MR) is 110 cm³/mol. The SMILES string of the molecule is O=C(NCCN1CCN(Cc2ccccc2)CC1)N1CC(c2ccccn2)C1. The fourth-order valence-corrected chi connectivity index (χ4v) is 3.89. The van der Waals surface area contributed by atoms with Gasteiger partial charge >= 0.3 is 6.03 Å². The smallest absolute Gasteiger partial charge is 0.317 e. The highest BCUT2D eigenvalue weighted by Gasteiger charge is 2.32. The van der Waals surface area contributed by atoms with Crippen molar-refractivity contribution >= 4 is 6.03 Å². The van der Waals surface area contributed by atoms with Crippen molar-refractivity contribution < 1.29 is 4.79 Å². The molecule has 0 unspecified atom stereocenters. The lowest BCUT2D eigenvalue weighted by molar-refractivity contribution is 0.124. The molecule has 2 saturated heterocycles. The second-order valence-electron chi connectivity index (χ2n) is 7.69. The number of urea groups is 1. The molecule has 0 atom stereocenters. The fourth-order valence-electron chi connectivity index (χ4n) is 3.89. The second-order valence-corrected chi connectivity index (χ2v) is 7.69. The van der Waals surface area contributed by atoms with Gasteiger partial charge in [-0.15, -0.1) is 0 Å². The Kier molecular flexibility index (Phi) is 6.19. The summed E-state index contributed by atoms with van der Waals surface area (Å²) < 4.78 is 0. The molecule has 0 saturated carbocycles. The molecule has 0 radical (unpaired) electrons. The van der Waals surface area contributed by atoms with Crippen LogP contribution in [-0.4, -0.2) is 78.1 Å². The topological polar surface area (TPSA) is 51.7 Å². The highest BCUT2D eigenvalue weighted by molar-refractivity contribution is 5.75. The Labute approximate surface area is 167 Å². The summed E-state index contributed by atoms with van der Waals surface area (Å²) in [6.45, 7) is 8.48. The number of hydrogen-bond donors (Lipinski definition) is 1. The Morgan fingerprint density at radius 3 is 2.39 bits per heavy atom. The van der Waals surface area contributed by atoms with Crippen molar-refractivity contribution in [2.75, 3.05) is 52.4 Å². The zero-order valence-corrected chi connectivity index (χ0v) is 16.3. The van der Waals surface area contributed by atoms with Crippen LogP contribution in [0.1, 0.15) is 17.2 Å². The first-order chi connectivity index (χ1) is 13.8. The highest BCUT2D eigenvalue weighted by Crippen LogP contribution is 2.24. The summed E-state index contributed by atoms with van der Waals surface area (Å²) >= 11 is 0. The van der Waals surface area contributed by atoms with E-state index in [1.54, 1.807) is 0 Å². The summed E-state index contributed by atoms with van der Waals surface area (Å²) in [6.07, 6.45) is 1.82. The van der Waals surface area contributed by atoms with E-state index in [2.05, 4.69) is 50.4 Å². The molecule has 4 rings (SSSR count). The first-order valence-corrected chi connectivity index (χ1v) is 10.2. The van der Waals surface area contributed by atoms with Crippen molar-refractivity contribution in [3.63, 3.8) is 0 Å². The molecule has 2 amide bonds. The molecule has 0 spiro atoms. The monoisotopic (exact) mass is 379 g/mol. The number of nitrogens with one attached hydrogen (secondary N) is 1. The van der Waals surface area contributed by atoms with Gasteiger partial charge in [0.25, 0.3) is 0 Å². The second kappa shape index (κ2) is 9.17. The van der Waals surface area contributed by atoms with Crippen LogP contribution < -0.4 is 5.32 Å². The van der Waals surface area contributed by atoms with E-state index >= 15 is 0 Å². The van der Waals surface area contributed by atoms with E-state index in [4.69, 9.17) is 0 Å². The van der Waals surface area contributed by atoms with Crippen LogP contribution in [0.5, 0.6) is 0 Å². The van der Waals surface area contributed by atoms with Crippen molar-refractivity contribution in [3.05, 3.63) is 66.0 Å². The highest BCUT2D eigenvalue weighted by atomic mass is 16.2. The van der Waals surface area contributed by atoms with Crippen LogP contribution in [0, 0.1) is 0 Å². The summed E-state index contributed by atoms with van der Waals surface area (Å²) in [7, 11) is 0. The molecule has 6 nitrogen and oxygen atoms in total. The number of carbonyl (C=O) groups excluding carboxylic acids is 1. The van der Waals surface area contributed by atoms with Crippen LogP contribution >= 0.6 is 0 Å². The van der Waals surface area contributed by atoms with E-state index < -0.39 is 0 Å². The van der Waals surface area contributed by atoms with Gasteiger partial charge in [0.05, 0.1) is 0 Å². The molecule has 1 aromatic heterocycles. The largest absolute Gasteiger partial charge is 0.337 e. The molecular formula is C22H29N5O. The summed E-state index contributed by atoms with van der Waals surface area (Å²) in [5.41, 5.74) is 2.46. The number of benzene rings is 1. The number of aromatic nitrogens is 1. The Morgan fingerprint density at radius 1 is 0.964 bits per heavy atom. The number of amides is 2. The number of rotatable bonds is 6. The minimum Gasteiger partial charge on any atom is -0.337 e. The van der Waals surface area contributed by atoms with Crippen molar-refractivity contribution in [2.45, 2.75) is 12.5 Å². The molecule has 2 aliphatic heterocycles. The molecule has 2 aromatic rings. The van der Waals surface area contributed by atoms with Crippen LogP contribution in [0.15, 0.2) is 54.7 Å². The summed E-state index contributed by atoms with van der Waals surface area (Å²) in [6, 6.07) is 16.7. The quantitative estimate of drug-likeness (QED) is 0.834. The number of hydrogen-bond acceptors (Lipinski definition) is 4. The van der Waals surface area contributed by atoms with Gasteiger partial charge in [-0.2, -0.15) is 0 Å². The van der Waals surface area contributed by atoms with E-state index in [1.165, 1.54) is 5.56 Å². The molecule has 1 aromatic carbocycles. The van der Waals surface area contributed by atoms with Gasteiger partial charge in [-0.1, -0.05) is 36.4 Å². The number of likely N-dealkylation sites (tertiary alicyclic amines) is 1. The maximum atomic E-state index is 12.3.